The van der Waals surface area contributed by atoms with E-state index in [1.807, 2.05) is 49.8 Å². The summed E-state index contributed by atoms with van der Waals surface area (Å²) >= 11 is 0. The van der Waals surface area contributed by atoms with Crippen LogP contribution in [0.25, 0.3) is 16.6 Å². The van der Waals surface area contributed by atoms with Crippen molar-refractivity contribution in [1.29, 1.82) is 0 Å². The van der Waals surface area contributed by atoms with Gasteiger partial charge in [-0.05, 0) is 64.7 Å². The lowest BCUT2D eigenvalue weighted by Gasteiger charge is -2.33. The highest BCUT2D eigenvalue weighted by Gasteiger charge is 2.29. The molecule has 0 bridgehead atoms. The molecule has 2 amide bonds. The van der Waals surface area contributed by atoms with E-state index in [0.29, 0.717) is 35.9 Å². The minimum absolute atomic E-state index is 0.121. The highest BCUT2D eigenvalue weighted by atomic mass is 16.6. The number of fused-ring (bicyclic) bond motifs is 2. The number of carbonyl (C=O) groups is 2. The summed E-state index contributed by atoms with van der Waals surface area (Å²) in [5, 5.41) is 12.9. The highest BCUT2D eigenvalue weighted by Crippen LogP contribution is 2.34. The van der Waals surface area contributed by atoms with Crippen LogP contribution in [0.1, 0.15) is 62.9 Å². The number of nitrogens with zero attached hydrogens (tertiary/aromatic N) is 6. The Labute approximate surface area is 219 Å². The van der Waals surface area contributed by atoms with Crippen LogP contribution in [-0.2, 0) is 4.74 Å². The average molecular weight is 518 g/mol. The number of hydrogen-bond acceptors (Lipinski definition) is 7. The number of likely N-dealkylation sites (tertiary alicyclic amines) is 1. The fourth-order valence-electron chi connectivity index (χ4n) is 4.64. The van der Waals surface area contributed by atoms with Crippen molar-refractivity contribution in [1.82, 2.24) is 29.3 Å². The van der Waals surface area contributed by atoms with Crippen molar-refractivity contribution < 1.29 is 19.1 Å². The molecule has 1 N–H and O–H groups in total. The molecule has 4 heterocycles. The summed E-state index contributed by atoms with van der Waals surface area (Å²) in [6.07, 6.45) is 8.53. The van der Waals surface area contributed by atoms with E-state index in [1.165, 1.54) is 0 Å². The first-order valence-corrected chi connectivity index (χ1v) is 13.0. The van der Waals surface area contributed by atoms with Crippen LogP contribution >= 0.6 is 0 Å². The van der Waals surface area contributed by atoms with Gasteiger partial charge in [0.2, 0.25) is 0 Å². The van der Waals surface area contributed by atoms with Gasteiger partial charge in [-0.3, -0.25) is 9.48 Å². The number of anilines is 1. The molecule has 2 fully saturated rings. The standard InChI is InChI=1S/C27H31N7O4/c1-27(2,3)38-26(36)32-11-8-18(9-12-32)33-16-17-13-20(22(14-21(17)31-33)37-19-6-7-19)25(35)30-24-15-28-23-5-4-10-29-34(23)24/h4-5,10,13-16,18-19H,6-9,11-12H2,1-3H3,(H,30,35). The molecular formula is C27H31N7O4. The summed E-state index contributed by atoms with van der Waals surface area (Å²) in [5.74, 6) is 0.702. The summed E-state index contributed by atoms with van der Waals surface area (Å²) in [4.78, 5) is 31.9. The first kappa shape index (κ1) is 24.2. The molecule has 198 valence electrons. The van der Waals surface area contributed by atoms with Gasteiger partial charge in [0.15, 0.2) is 11.5 Å². The molecule has 1 saturated carbocycles. The second-order valence-corrected chi connectivity index (χ2v) is 10.9. The number of piperidine rings is 1. The Morgan fingerprint density at radius 2 is 1.89 bits per heavy atom. The third-order valence-electron chi connectivity index (χ3n) is 6.70. The molecule has 0 radical (unpaired) electrons. The van der Waals surface area contributed by atoms with Crippen molar-refractivity contribution in [3.8, 4) is 5.75 Å². The Balaban J connectivity index is 1.23. The van der Waals surface area contributed by atoms with E-state index in [0.717, 1.165) is 36.6 Å². The van der Waals surface area contributed by atoms with E-state index in [1.54, 1.807) is 27.9 Å². The first-order valence-electron chi connectivity index (χ1n) is 13.0. The van der Waals surface area contributed by atoms with Crippen LogP contribution in [0.2, 0.25) is 0 Å². The van der Waals surface area contributed by atoms with Gasteiger partial charge in [-0.1, -0.05) is 0 Å². The zero-order valence-electron chi connectivity index (χ0n) is 21.8. The number of hydrogen-bond donors (Lipinski definition) is 1. The van der Waals surface area contributed by atoms with Crippen LogP contribution in [0.4, 0.5) is 10.6 Å². The molecule has 4 aromatic rings. The van der Waals surface area contributed by atoms with E-state index >= 15 is 0 Å². The maximum absolute atomic E-state index is 13.4. The summed E-state index contributed by atoms with van der Waals surface area (Å²) in [5.41, 5.74) is 1.34. The van der Waals surface area contributed by atoms with Gasteiger partial charge in [-0.2, -0.15) is 14.7 Å². The van der Waals surface area contributed by atoms with Gasteiger partial charge in [0.25, 0.3) is 5.91 Å². The number of aromatic nitrogens is 5. The third kappa shape index (κ3) is 5.00. The zero-order valence-corrected chi connectivity index (χ0v) is 21.8. The average Bonchev–Trinajstić information content (AvgIpc) is 3.46. The number of nitrogens with one attached hydrogen (secondary N) is 1. The lowest BCUT2D eigenvalue weighted by molar-refractivity contribution is 0.0185. The zero-order chi connectivity index (χ0) is 26.4. The summed E-state index contributed by atoms with van der Waals surface area (Å²) in [7, 11) is 0. The first-order chi connectivity index (χ1) is 18.2. The molecule has 0 atom stereocenters. The Bertz CT molecular complexity index is 1510. The lowest BCUT2D eigenvalue weighted by Crippen LogP contribution is -2.42. The third-order valence-corrected chi connectivity index (χ3v) is 6.70. The number of carbonyl (C=O) groups excluding carboxylic acids is 2. The summed E-state index contributed by atoms with van der Waals surface area (Å²) in [6.45, 7) is 6.83. The summed E-state index contributed by atoms with van der Waals surface area (Å²) < 4.78 is 15.2. The maximum atomic E-state index is 13.4. The Morgan fingerprint density at radius 1 is 1.11 bits per heavy atom. The fraction of sp³-hybridized carbons (Fsp3) is 0.444. The molecule has 2 aliphatic rings. The molecule has 1 aliphatic heterocycles. The van der Waals surface area contributed by atoms with Crippen molar-refractivity contribution in [2.45, 2.75) is 64.2 Å². The maximum Gasteiger partial charge on any atom is 0.410 e. The quantitative estimate of drug-likeness (QED) is 0.416. The fourth-order valence-corrected chi connectivity index (χ4v) is 4.64. The van der Waals surface area contributed by atoms with Crippen molar-refractivity contribution in [3.63, 3.8) is 0 Å². The molecule has 1 aromatic carbocycles. The summed E-state index contributed by atoms with van der Waals surface area (Å²) in [6, 6.07) is 7.45. The van der Waals surface area contributed by atoms with E-state index < -0.39 is 5.60 Å². The molecule has 3 aromatic heterocycles. The van der Waals surface area contributed by atoms with Gasteiger partial charge in [0.05, 0.1) is 29.4 Å². The van der Waals surface area contributed by atoms with E-state index in [9.17, 15) is 9.59 Å². The second-order valence-electron chi connectivity index (χ2n) is 10.9. The molecular weight excluding hydrogens is 486 g/mol. The van der Waals surface area contributed by atoms with Gasteiger partial charge in [0, 0.05) is 36.9 Å². The molecule has 1 aliphatic carbocycles. The molecule has 38 heavy (non-hydrogen) atoms. The highest BCUT2D eigenvalue weighted by molar-refractivity contribution is 6.08. The number of imidazole rings is 1. The molecule has 11 heteroatoms. The largest absolute Gasteiger partial charge is 0.490 e. The number of ether oxygens (including phenoxy) is 2. The Hall–Kier alpha value is -4.15. The monoisotopic (exact) mass is 517 g/mol. The minimum Gasteiger partial charge on any atom is -0.490 e. The van der Waals surface area contributed by atoms with Crippen LogP contribution in [-0.4, -0.2) is 66.1 Å². The molecule has 11 nitrogen and oxygen atoms in total. The van der Waals surface area contributed by atoms with Crippen molar-refractivity contribution in [2.75, 3.05) is 18.4 Å². The van der Waals surface area contributed by atoms with Crippen LogP contribution in [0.3, 0.4) is 0 Å². The predicted octanol–water partition coefficient (Wildman–Crippen LogP) is 4.44. The van der Waals surface area contributed by atoms with Gasteiger partial charge >= 0.3 is 6.09 Å². The van der Waals surface area contributed by atoms with Gasteiger partial charge < -0.3 is 19.7 Å². The molecule has 0 spiro atoms. The molecule has 1 saturated heterocycles. The van der Waals surface area contributed by atoms with Crippen molar-refractivity contribution >= 4 is 34.4 Å². The number of benzene rings is 1. The Morgan fingerprint density at radius 3 is 2.63 bits per heavy atom. The van der Waals surface area contributed by atoms with E-state index in [2.05, 4.69) is 15.4 Å². The van der Waals surface area contributed by atoms with E-state index in [-0.39, 0.29) is 24.1 Å². The predicted molar refractivity (Wildman–Crippen MR) is 140 cm³/mol. The van der Waals surface area contributed by atoms with Crippen molar-refractivity contribution in [3.05, 3.63) is 48.4 Å². The minimum atomic E-state index is -0.514. The van der Waals surface area contributed by atoms with Crippen LogP contribution in [0.15, 0.2) is 42.9 Å². The Kier molecular flexibility index (Phi) is 5.93. The SMILES string of the molecule is CC(C)(C)OC(=O)N1CCC(n2cc3cc(C(=O)Nc4cnc5cccnn45)c(OC4CC4)cc3n2)CC1. The van der Waals surface area contributed by atoms with Crippen molar-refractivity contribution in [2.24, 2.45) is 0 Å². The number of amides is 2. The van der Waals surface area contributed by atoms with Crippen LogP contribution in [0, 0.1) is 0 Å². The topological polar surface area (TPSA) is 116 Å². The normalized spacial score (nSPS) is 16.7. The van der Waals surface area contributed by atoms with Gasteiger partial charge in [-0.25, -0.2) is 9.78 Å². The second kappa shape index (κ2) is 9.30. The smallest absolute Gasteiger partial charge is 0.410 e. The van der Waals surface area contributed by atoms with Crippen LogP contribution < -0.4 is 10.1 Å². The molecule has 6 rings (SSSR count). The number of rotatable bonds is 5. The van der Waals surface area contributed by atoms with Crippen LogP contribution in [0.5, 0.6) is 5.75 Å². The van der Waals surface area contributed by atoms with E-state index in [4.69, 9.17) is 14.6 Å². The van der Waals surface area contributed by atoms with Gasteiger partial charge in [-0.15, -0.1) is 0 Å². The lowest BCUT2D eigenvalue weighted by atomic mass is 10.1. The van der Waals surface area contributed by atoms with Gasteiger partial charge in [0.1, 0.15) is 11.4 Å². The molecule has 0 unspecified atom stereocenters.